The summed E-state index contributed by atoms with van der Waals surface area (Å²) in [5, 5.41) is 6.51. The largest absolute Gasteiger partial charge is 0.380 e. The molecule has 232 valence electrons. The van der Waals surface area contributed by atoms with Crippen molar-refractivity contribution in [2.75, 3.05) is 23.1 Å². The number of rotatable bonds is 7. The molecule has 1 aromatic heterocycles. The van der Waals surface area contributed by atoms with Gasteiger partial charge in [-0.1, -0.05) is 43.3 Å². The maximum Gasteiger partial charge on any atom is 0.347 e. The van der Waals surface area contributed by atoms with E-state index in [0.29, 0.717) is 11.3 Å². The van der Waals surface area contributed by atoms with Gasteiger partial charge in [0.15, 0.2) is 11.0 Å². The minimum atomic E-state index is -9.83. The van der Waals surface area contributed by atoms with E-state index in [0.717, 1.165) is 46.5 Å². The van der Waals surface area contributed by atoms with Crippen LogP contribution in [0.3, 0.4) is 0 Å². The fraction of sp³-hybridized carbons (Fsp3) is 0.148. The topological polar surface area (TPSA) is 102 Å². The molecule has 0 saturated carbocycles. The first-order valence-corrected chi connectivity index (χ1v) is 15.5. The Balaban J connectivity index is 1.32. The Hall–Kier alpha value is -4.35. The number of amides is 3. The van der Waals surface area contributed by atoms with Crippen LogP contribution in [0, 0.1) is 12.7 Å². The highest BCUT2D eigenvalue weighted by Gasteiger charge is 2.65. The third kappa shape index (κ3) is 6.74. The number of aryl methyl sites for hydroxylation is 1. The Morgan fingerprint density at radius 3 is 2.45 bits per heavy atom. The second-order valence-corrected chi connectivity index (χ2v) is 12.9. The Morgan fingerprint density at radius 2 is 1.80 bits per heavy atom. The highest BCUT2D eigenvalue weighted by molar-refractivity contribution is 8.45. The number of anilines is 2. The Morgan fingerprint density at radius 1 is 1.07 bits per heavy atom. The number of aromatic nitrogens is 3. The number of aliphatic imine (C=N–C) groups is 1. The lowest BCUT2D eigenvalue weighted by molar-refractivity contribution is -0.115. The van der Waals surface area contributed by atoms with Gasteiger partial charge in [0.1, 0.15) is 17.0 Å². The fourth-order valence-electron chi connectivity index (χ4n) is 4.20. The third-order valence-corrected chi connectivity index (χ3v) is 8.34. The Bertz CT molecular complexity index is 1820. The molecular formula is C27H22F6N6O3S2. The Labute approximate surface area is 250 Å². The molecule has 1 aliphatic heterocycles. The summed E-state index contributed by atoms with van der Waals surface area (Å²) in [5.74, 6) is -1.14. The number of carbonyl (C=O) groups is 2. The van der Waals surface area contributed by atoms with Gasteiger partial charge in [-0.15, -0.1) is 5.10 Å². The number of nitrogens with zero attached hydrogens (tertiary/aromatic N) is 5. The number of hydrogen-bond donors (Lipinski definition) is 1. The molecular weight excluding hydrogens is 634 g/mol. The van der Waals surface area contributed by atoms with Gasteiger partial charge in [0.05, 0.1) is 29.4 Å². The van der Waals surface area contributed by atoms with Crippen LogP contribution >= 0.6 is 22.0 Å². The molecule has 9 nitrogen and oxygen atoms in total. The Kier molecular flexibility index (Phi) is 7.54. The molecule has 1 N–H and O–H groups in total. The zero-order valence-electron chi connectivity index (χ0n) is 22.8. The average Bonchev–Trinajstić information content (AvgIpc) is 3.57. The summed E-state index contributed by atoms with van der Waals surface area (Å²) in [6, 6.07) is 10.2. The van der Waals surface area contributed by atoms with Crippen LogP contribution in [0.15, 0.2) is 76.9 Å². The van der Waals surface area contributed by atoms with Crippen molar-refractivity contribution in [2.45, 2.75) is 18.4 Å². The van der Waals surface area contributed by atoms with Gasteiger partial charge in [0, 0.05) is 18.2 Å². The number of thioether (sulfide) groups is 1. The van der Waals surface area contributed by atoms with Crippen molar-refractivity contribution in [3.63, 3.8) is 0 Å². The summed E-state index contributed by atoms with van der Waals surface area (Å²) < 4.78 is 86.2. The number of amidine groups is 1. The number of ether oxygens (including phenoxy) is 1. The molecule has 2 heterocycles. The van der Waals surface area contributed by atoms with Crippen LogP contribution in [0.2, 0.25) is 0 Å². The summed E-state index contributed by atoms with van der Waals surface area (Å²) in [6.07, 6.45) is 1.12. The van der Waals surface area contributed by atoms with Gasteiger partial charge in [-0.25, -0.2) is 18.9 Å². The van der Waals surface area contributed by atoms with Gasteiger partial charge >= 0.3 is 16.3 Å². The molecule has 17 heteroatoms. The standard InChI is InChI=1S/C27H22F6N6O3S2/c1-16-3-4-18(13-42-2)23(11-16)39-24(40)14-43-27(39)36-26(41)35-22-10-5-17(12-21(22)28)25-34-15-38(37-25)19-6-8-20(9-7-19)44(29,30,31,32)33/h3-12,15H,13-14H2,1-2H3,(H,35,41). The molecule has 0 bridgehead atoms. The zero-order valence-corrected chi connectivity index (χ0v) is 24.4. The van der Waals surface area contributed by atoms with E-state index in [9.17, 15) is 33.4 Å². The molecule has 5 rings (SSSR count). The summed E-state index contributed by atoms with van der Waals surface area (Å²) in [7, 11) is -8.32. The third-order valence-electron chi connectivity index (χ3n) is 6.25. The van der Waals surface area contributed by atoms with Crippen LogP contribution in [0.5, 0.6) is 0 Å². The quantitative estimate of drug-likeness (QED) is 0.203. The lowest BCUT2D eigenvalue weighted by Crippen LogP contribution is -2.31. The van der Waals surface area contributed by atoms with Gasteiger partial charge in [-0.05, 0) is 61.0 Å². The van der Waals surface area contributed by atoms with Crippen LogP contribution in [-0.4, -0.2) is 44.7 Å². The number of carbonyl (C=O) groups excluding carboxylic acids is 2. The monoisotopic (exact) mass is 656 g/mol. The summed E-state index contributed by atoms with van der Waals surface area (Å²) in [4.78, 5) is 32.7. The maximum absolute atomic E-state index is 15.0. The van der Waals surface area contributed by atoms with Crippen molar-refractivity contribution < 1.29 is 38.1 Å². The van der Waals surface area contributed by atoms with E-state index < -0.39 is 27.0 Å². The van der Waals surface area contributed by atoms with Crippen molar-refractivity contribution >= 4 is 50.5 Å². The number of nitrogens with one attached hydrogen (secondary N) is 1. The second kappa shape index (κ2) is 10.7. The smallest absolute Gasteiger partial charge is 0.347 e. The van der Waals surface area contributed by atoms with Crippen molar-refractivity contribution in [1.29, 1.82) is 0 Å². The van der Waals surface area contributed by atoms with Crippen molar-refractivity contribution in [1.82, 2.24) is 14.8 Å². The van der Waals surface area contributed by atoms with Gasteiger partial charge in [-0.3, -0.25) is 9.69 Å². The SMILES string of the molecule is COCc1ccc(C)cc1N1C(=O)CSC1=NC(=O)Nc1ccc(-c2ncn(-c3ccc(S(F)(F)(F)(F)F)cc3)n2)cc1F. The van der Waals surface area contributed by atoms with E-state index in [1.807, 2.05) is 19.1 Å². The summed E-state index contributed by atoms with van der Waals surface area (Å²) >= 11 is 1.05. The minimum Gasteiger partial charge on any atom is -0.380 e. The van der Waals surface area contributed by atoms with E-state index in [-0.39, 0.29) is 58.3 Å². The lowest BCUT2D eigenvalue weighted by Gasteiger charge is -2.40. The molecule has 44 heavy (non-hydrogen) atoms. The van der Waals surface area contributed by atoms with Crippen LogP contribution in [-0.2, 0) is 16.1 Å². The lowest BCUT2D eigenvalue weighted by atomic mass is 10.1. The van der Waals surface area contributed by atoms with E-state index in [2.05, 4.69) is 20.4 Å². The molecule has 0 spiro atoms. The normalized spacial score (nSPS) is 16.2. The minimum absolute atomic E-state index is 0.00938. The van der Waals surface area contributed by atoms with E-state index in [1.165, 1.54) is 24.1 Å². The predicted octanol–water partition coefficient (Wildman–Crippen LogP) is 7.85. The molecule has 1 aliphatic rings. The number of benzene rings is 3. The summed E-state index contributed by atoms with van der Waals surface area (Å²) in [5.41, 5.74) is 2.04. The molecule has 3 aromatic carbocycles. The predicted molar refractivity (Wildman–Crippen MR) is 156 cm³/mol. The van der Waals surface area contributed by atoms with Gasteiger partial charge in [0.2, 0.25) is 5.91 Å². The molecule has 0 unspecified atom stereocenters. The molecule has 0 aliphatic carbocycles. The van der Waals surface area contributed by atoms with E-state index in [4.69, 9.17) is 4.74 Å². The zero-order chi connectivity index (χ0) is 31.9. The first kappa shape index (κ1) is 31.1. The second-order valence-electron chi connectivity index (χ2n) is 9.58. The molecule has 0 radical (unpaired) electrons. The van der Waals surface area contributed by atoms with E-state index in [1.54, 1.807) is 6.07 Å². The van der Waals surface area contributed by atoms with Gasteiger partial charge in [-0.2, -0.15) is 4.99 Å². The van der Waals surface area contributed by atoms with Crippen LogP contribution in [0.4, 0.5) is 40.0 Å². The molecule has 3 amide bonds. The van der Waals surface area contributed by atoms with E-state index >= 15 is 0 Å². The first-order valence-electron chi connectivity index (χ1n) is 12.5. The van der Waals surface area contributed by atoms with Crippen LogP contribution in [0.1, 0.15) is 11.1 Å². The number of hydrogen-bond acceptors (Lipinski definition) is 6. The van der Waals surface area contributed by atoms with Crippen molar-refractivity contribution in [2.24, 2.45) is 4.99 Å². The number of methoxy groups -OCH3 is 1. The maximum atomic E-state index is 15.0. The number of urea groups is 1. The molecule has 4 aromatic rings. The molecule has 1 saturated heterocycles. The molecule has 0 atom stereocenters. The van der Waals surface area contributed by atoms with Crippen LogP contribution < -0.4 is 10.2 Å². The van der Waals surface area contributed by atoms with Crippen molar-refractivity contribution in [3.05, 3.63) is 83.9 Å². The first-order chi connectivity index (χ1) is 20.5. The number of halogens is 6. The average molecular weight is 657 g/mol. The van der Waals surface area contributed by atoms with Gasteiger partial charge in [0.25, 0.3) is 0 Å². The molecule has 1 fully saturated rings. The van der Waals surface area contributed by atoms with Crippen LogP contribution in [0.25, 0.3) is 17.1 Å². The highest BCUT2D eigenvalue weighted by Crippen LogP contribution is 3.02. The van der Waals surface area contributed by atoms with Crippen molar-refractivity contribution in [3.8, 4) is 17.1 Å². The van der Waals surface area contributed by atoms with Gasteiger partial charge < -0.3 is 10.1 Å². The highest BCUT2D eigenvalue weighted by atomic mass is 32.5. The fourth-order valence-corrected chi connectivity index (χ4v) is 5.71. The summed E-state index contributed by atoms with van der Waals surface area (Å²) in [6.45, 7) is 2.07.